The molecule has 0 aliphatic carbocycles. The third kappa shape index (κ3) is 3.57. The smallest absolute Gasteiger partial charge is 0.375 e. The first-order chi connectivity index (χ1) is 10.6. The van der Waals surface area contributed by atoms with Crippen LogP contribution in [-0.2, 0) is 0 Å². The SMILES string of the molecule is CC(C)N1N=C(C(F)(F)F)C(=Nc2ccc(C(N)O)cc2)C1=N. The van der Waals surface area contributed by atoms with E-state index in [-0.39, 0.29) is 5.69 Å². The minimum Gasteiger partial charge on any atom is -0.375 e. The van der Waals surface area contributed by atoms with Crippen molar-refractivity contribution in [2.24, 2.45) is 15.8 Å². The Hall–Kier alpha value is -2.26. The summed E-state index contributed by atoms with van der Waals surface area (Å²) in [5.41, 5.74) is 4.17. The van der Waals surface area contributed by atoms with Crippen LogP contribution >= 0.6 is 0 Å². The Morgan fingerprint density at radius 2 is 1.83 bits per heavy atom. The number of aliphatic imine (C=N–C) groups is 1. The van der Waals surface area contributed by atoms with E-state index in [0.717, 1.165) is 5.01 Å². The van der Waals surface area contributed by atoms with Crippen molar-refractivity contribution in [2.45, 2.75) is 32.3 Å². The van der Waals surface area contributed by atoms with Crippen LogP contribution in [0.2, 0.25) is 0 Å². The quantitative estimate of drug-likeness (QED) is 0.743. The lowest BCUT2D eigenvalue weighted by atomic mass is 10.1. The van der Waals surface area contributed by atoms with Gasteiger partial charge in [-0.1, -0.05) is 12.1 Å². The lowest BCUT2D eigenvalue weighted by molar-refractivity contribution is -0.0571. The number of nitrogens with two attached hydrogens (primary N) is 1. The molecule has 23 heavy (non-hydrogen) atoms. The normalized spacial score (nSPS) is 18.8. The molecule has 4 N–H and O–H groups in total. The topological polar surface area (TPSA) is 98.1 Å². The molecule has 9 heteroatoms. The van der Waals surface area contributed by atoms with E-state index in [9.17, 15) is 18.3 Å². The molecule has 0 bridgehead atoms. The number of benzene rings is 1. The van der Waals surface area contributed by atoms with E-state index in [1.165, 1.54) is 24.3 Å². The van der Waals surface area contributed by atoms with Gasteiger partial charge in [0.2, 0.25) is 0 Å². The van der Waals surface area contributed by atoms with Crippen molar-refractivity contribution in [1.29, 1.82) is 5.41 Å². The minimum absolute atomic E-state index is 0.205. The van der Waals surface area contributed by atoms with E-state index in [2.05, 4.69) is 10.1 Å². The highest BCUT2D eigenvalue weighted by molar-refractivity contribution is 6.70. The molecule has 0 amide bonds. The van der Waals surface area contributed by atoms with Crippen LogP contribution in [0.25, 0.3) is 0 Å². The Bertz CT molecular complexity index is 662. The summed E-state index contributed by atoms with van der Waals surface area (Å²) in [5, 5.41) is 21.5. The van der Waals surface area contributed by atoms with Crippen LogP contribution in [0.3, 0.4) is 0 Å². The number of hydrogen-bond donors (Lipinski definition) is 3. The van der Waals surface area contributed by atoms with Crippen LogP contribution in [0, 0.1) is 5.41 Å². The third-order valence-corrected chi connectivity index (χ3v) is 3.12. The number of rotatable bonds is 3. The zero-order valence-corrected chi connectivity index (χ0v) is 12.5. The first-order valence-electron chi connectivity index (χ1n) is 6.78. The highest BCUT2D eigenvalue weighted by Gasteiger charge is 2.46. The van der Waals surface area contributed by atoms with E-state index in [0.29, 0.717) is 5.56 Å². The summed E-state index contributed by atoms with van der Waals surface area (Å²) in [6.07, 6.45) is -5.88. The molecule has 1 aliphatic rings. The zero-order valence-electron chi connectivity index (χ0n) is 12.5. The van der Waals surface area contributed by atoms with Crippen molar-refractivity contribution in [3.63, 3.8) is 0 Å². The fourth-order valence-corrected chi connectivity index (χ4v) is 1.97. The first-order valence-corrected chi connectivity index (χ1v) is 6.78. The molecule has 1 aromatic rings. The second-order valence-corrected chi connectivity index (χ2v) is 5.23. The summed E-state index contributed by atoms with van der Waals surface area (Å²) < 4.78 is 39.3. The molecular formula is C14H16F3N5O. The molecule has 0 radical (unpaired) electrons. The van der Waals surface area contributed by atoms with Gasteiger partial charge in [0.1, 0.15) is 11.9 Å². The van der Waals surface area contributed by atoms with Crippen molar-refractivity contribution in [3.05, 3.63) is 29.8 Å². The van der Waals surface area contributed by atoms with Crippen LogP contribution in [-0.4, -0.2) is 39.6 Å². The van der Waals surface area contributed by atoms with E-state index < -0.39 is 35.7 Å². The van der Waals surface area contributed by atoms with Gasteiger partial charge in [0, 0.05) is 6.04 Å². The number of nitrogens with zero attached hydrogens (tertiary/aromatic N) is 3. The Labute approximate surface area is 130 Å². The average Bonchev–Trinajstić information content (AvgIpc) is 2.77. The highest BCUT2D eigenvalue weighted by Crippen LogP contribution is 2.27. The molecular weight excluding hydrogens is 311 g/mol. The summed E-state index contributed by atoms with van der Waals surface area (Å²) in [7, 11) is 0. The Balaban J connectivity index is 2.42. The lowest BCUT2D eigenvalue weighted by Crippen LogP contribution is -2.35. The number of hydrogen-bond acceptors (Lipinski definition) is 5. The van der Waals surface area contributed by atoms with Crippen molar-refractivity contribution in [1.82, 2.24) is 5.01 Å². The van der Waals surface area contributed by atoms with E-state index in [1.54, 1.807) is 13.8 Å². The monoisotopic (exact) mass is 327 g/mol. The number of amidine groups is 1. The number of alkyl halides is 3. The zero-order chi connectivity index (χ0) is 17.4. The van der Waals surface area contributed by atoms with Gasteiger partial charge in [-0.15, -0.1) is 0 Å². The standard InChI is InChI=1S/C14H16F3N5O/c1-7(2)22-12(18)10(11(21-22)14(15,16)17)20-9-5-3-8(4-6-9)13(19)23/h3-7,13,18,23H,19H2,1-2H3. The lowest BCUT2D eigenvalue weighted by Gasteiger charge is -2.17. The van der Waals surface area contributed by atoms with Gasteiger partial charge in [0.05, 0.1) is 5.69 Å². The molecule has 0 spiro atoms. The van der Waals surface area contributed by atoms with Gasteiger partial charge >= 0.3 is 6.18 Å². The average molecular weight is 327 g/mol. The Morgan fingerprint density at radius 3 is 2.26 bits per heavy atom. The fourth-order valence-electron chi connectivity index (χ4n) is 1.97. The van der Waals surface area contributed by atoms with Gasteiger partial charge in [-0.05, 0) is 31.5 Å². The van der Waals surface area contributed by atoms with Crippen LogP contribution in [0.5, 0.6) is 0 Å². The predicted molar refractivity (Wildman–Crippen MR) is 80.9 cm³/mol. The molecule has 124 valence electrons. The molecule has 0 aromatic heterocycles. The molecule has 0 saturated heterocycles. The third-order valence-electron chi connectivity index (χ3n) is 3.12. The summed E-state index contributed by atoms with van der Waals surface area (Å²) in [4.78, 5) is 3.90. The van der Waals surface area contributed by atoms with Crippen molar-refractivity contribution >= 4 is 22.9 Å². The van der Waals surface area contributed by atoms with Crippen LogP contribution < -0.4 is 5.73 Å². The van der Waals surface area contributed by atoms with E-state index >= 15 is 0 Å². The number of nitrogens with one attached hydrogen (secondary N) is 1. The Kier molecular flexibility index (Phi) is 4.53. The predicted octanol–water partition coefficient (Wildman–Crippen LogP) is 2.33. The maximum atomic E-state index is 13.1. The van der Waals surface area contributed by atoms with Gasteiger partial charge in [0.25, 0.3) is 0 Å². The summed E-state index contributed by atoms with van der Waals surface area (Å²) in [6.45, 7) is 3.26. The molecule has 1 atom stereocenters. The maximum absolute atomic E-state index is 13.1. The highest BCUT2D eigenvalue weighted by atomic mass is 19.4. The van der Waals surface area contributed by atoms with E-state index in [4.69, 9.17) is 11.1 Å². The van der Waals surface area contributed by atoms with Crippen LogP contribution in [0.4, 0.5) is 18.9 Å². The summed E-state index contributed by atoms with van der Waals surface area (Å²) in [5.74, 6) is -0.407. The second-order valence-electron chi connectivity index (χ2n) is 5.23. The number of aliphatic hydroxyl groups is 1. The first kappa shape index (κ1) is 17.1. The minimum atomic E-state index is -4.71. The second kappa shape index (κ2) is 6.09. The van der Waals surface area contributed by atoms with Gasteiger partial charge in [0.15, 0.2) is 11.5 Å². The van der Waals surface area contributed by atoms with Crippen molar-refractivity contribution in [2.75, 3.05) is 0 Å². The molecule has 1 aliphatic heterocycles. The number of hydrazone groups is 1. The Morgan fingerprint density at radius 1 is 1.26 bits per heavy atom. The van der Waals surface area contributed by atoms with Gasteiger partial charge < -0.3 is 10.8 Å². The van der Waals surface area contributed by atoms with Crippen LogP contribution in [0.1, 0.15) is 25.6 Å². The summed E-state index contributed by atoms with van der Waals surface area (Å²) >= 11 is 0. The molecule has 1 heterocycles. The van der Waals surface area contributed by atoms with Crippen molar-refractivity contribution in [3.8, 4) is 0 Å². The van der Waals surface area contributed by atoms with E-state index in [1.807, 2.05) is 0 Å². The van der Waals surface area contributed by atoms with Gasteiger partial charge in [-0.2, -0.15) is 18.3 Å². The molecule has 2 rings (SSSR count). The van der Waals surface area contributed by atoms with Gasteiger partial charge in [-0.25, -0.2) is 10.0 Å². The summed E-state index contributed by atoms with van der Waals surface area (Å²) in [6, 6.07) is 5.33. The molecule has 0 fully saturated rings. The van der Waals surface area contributed by atoms with Gasteiger partial charge in [-0.3, -0.25) is 5.41 Å². The van der Waals surface area contributed by atoms with Crippen molar-refractivity contribution < 1.29 is 18.3 Å². The molecule has 0 saturated carbocycles. The van der Waals surface area contributed by atoms with Crippen LogP contribution in [0.15, 0.2) is 34.4 Å². The molecule has 1 aromatic carbocycles. The largest absolute Gasteiger partial charge is 0.437 e. The maximum Gasteiger partial charge on any atom is 0.437 e. The number of halogens is 3. The molecule has 6 nitrogen and oxygen atoms in total. The molecule has 1 unspecified atom stereocenters. The fraction of sp³-hybridized carbons (Fsp3) is 0.357. The number of aliphatic hydroxyl groups excluding tert-OH is 1.